The summed E-state index contributed by atoms with van der Waals surface area (Å²) in [6.07, 6.45) is 4.09. The third kappa shape index (κ3) is 1.86. The molecule has 0 radical (unpaired) electrons. The van der Waals surface area contributed by atoms with Crippen molar-refractivity contribution in [3.05, 3.63) is 23.8 Å². The minimum Gasteiger partial charge on any atom is -0.478 e. The summed E-state index contributed by atoms with van der Waals surface area (Å²) in [5.41, 5.74) is -0.426. The van der Waals surface area contributed by atoms with E-state index < -0.39 is 11.5 Å². The van der Waals surface area contributed by atoms with Crippen molar-refractivity contribution in [3.8, 4) is 0 Å². The van der Waals surface area contributed by atoms with Gasteiger partial charge in [0.1, 0.15) is 0 Å². The van der Waals surface area contributed by atoms with Gasteiger partial charge in [-0.1, -0.05) is 0 Å². The summed E-state index contributed by atoms with van der Waals surface area (Å²) in [4.78, 5) is 29.6. The molecule has 1 heterocycles. The van der Waals surface area contributed by atoms with Crippen LogP contribution >= 0.6 is 0 Å². The molecule has 0 saturated heterocycles. The molecule has 0 aromatic carbocycles. The van der Waals surface area contributed by atoms with E-state index in [9.17, 15) is 9.59 Å². The fraction of sp³-hybridized carbons (Fsp3) is 0.400. The molecule has 2 N–H and O–H groups in total. The Hall–Kier alpha value is -1.98. The molecule has 1 fully saturated rings. The number of hydrogen-bond donors (Lipinski definition) is 2. The van der Waals surface area contributed by atoms with Crippen LogP contribution in [0.2, 0.25) is 0 Å². The summed E-state index contributed by atoms with van der Waals surface area (Å²) in [5, 5.41) is 11.5. The number of nitrogens with zero attached hydrogens (tertiary/aromatic N) is 2. The van der Waals surface area contributed by atoms with Crippen molar-refractivity contribution in [1.29, 1.82) is 0 Å². The number of carbonyl (C=O) groups is 2. The first-order valence-corrected chi connectivity index (χ1v) is 4.88. The van der Waals surface area contributed by atoms with E-state index in [1.165, 1.54) is 19.3 Å². The van der Waals surface area contributed by atoms with Gasteiger partial charge in [0, 0.05) is 19.3 Å². The highest BCUT2D eigenvalue weighted by Gasteiger charge is 2.47. The molecule has 2 rings (SSSR count). The number of rotatable bonds is 3. The minimum absolute atomic E-state index is 0.0439. The number of carbonyl (C=O) groups excluding carboxylic acids is 1. The van der Waals surface area contributed by atoms with Gasteiger partial charge in [0.15, 0.2) is 5.82 Å². The average Bonchev–Trinajstić information content (AvgIpc) is 2.98. The van der Waals surface area contributed by atoms with Crippen LogP contribution in [0, 0.1) is 0 Å². The fourth-order valence-electron chi connectivity index (χ4n) is 1.55. The van der Waals surface area contributed by atoms with Crippen LogP contribution in [0.1, 0.15) is 35.9 Å². The lowest BCUT2D eigenvalue weighted by atomic mass is 10.2. The van der Waals surface area contributed by atoms with Crippen molar-refractivity contribution >= 4 is 11.9 Å². The normalized spacial score (nSPS) is 16.6. The van der Waals surface area contributed by atoms with E-state index in [1.54, 1.807) is 0 Å². The molecule has 6 heteroatoms. The van der Waals surface area contributed by atoms with Crippen LogP contribution in [0.15, 0.2) is 12.4 Å². The maximum atomic E-state index is 11.0. The number of aromatic carboxylic acids is 1. The van der Waals surface area contributed by atoms with E-state index in [0.29, 0.717) is 5.82 Å². The molecule has 0 aliphatic heterocycles. The van der Waals surface area contributed by atoms with Gasteiger partial charge in [-0.2, -0.15) is 0 Å². The van der Waals surface area contributed by atoms with Gasteiger partial charge in [0.05, 0.1) is 11.1 Å². The number of carboxylic acid groups (broad SMARTS) is 1. The number of aromatic nitrogens is 2. The molecular formula is C10H11N3O3. The lowest BCUT2D eigenvalue weighted by Crippen LogP contribution is -2.34. The summed E-state index contributed by atoms with van der Waals surface area (Å²) >= 11 is 0. The highest BCUT2D eigenvalue weighted by Crippen LogP contribution is 2.43. The molecule has 1 aromatic rings. The third-order valence-electron chi connectivity index (χ3n) is 2.49. The molecule has 0 atom stereocenters. The summed E-state index contributed by atoms with van der Waals surface area (Å²) in [6.45, 7) is 1.44. The van der Waals surface area contributed by atoms with E-state index in [-0.39, 0.29) is 11.5 Å². The predicted octanol–water partition coefficient (Wildman–Crippen LogP) is 0.300. The van der Waals surface area contributed by atoms with E-state index >= 15 is 0 Å². The van der Waals surface area contributed by atoms with Gasteiger partial charge in [-0.05, 0) is 12.8 Å². The second kappa shape index (κ2) is 3.55. The first-order chi connectivity index (χ1) is 7.53. The molecule has 1 saturated carbocycles. The van der Waals surface area contributed by atoms with Crippen LogP contribution in [0.3, 0.4) is 0 Å². The van der Waals surface area contributed by atoms with Crippen molar-refractivity contribution in [2.24, 2.45) is 0 Å². The SMILES string of the molecule is CC(=O)NC1(c2ncc(C(=O)O)cn2)CC1. The zero-order chi connectivity index (χ0) is 11.8. The lowest BCUT2D eigenvalue weighted by Gasteiger charge is -2.14. The quantitative estimate of drug-likeness (QED) is 0.765. The Morgan fingerprint density at radius 1 is 1.38 bits per heavy atom. The van der Waals surface area contributed by atoms with E-state index in [1.807, 2.05) is 0 Å². The van der Waals surface area contributed by atoms with Gasteiger partial charge in [0.25, 0.3) is 0 Å². The van der Waals surface area contributed by atoms with Crippen LogP contribution in [-0.4, -0.2) is 27.0 Å². The molecule has 0 unspecified atom stereocenters. The molecular weight excluding hydrogens is 210 g/mol. The van der Waals surface area contributed by atoms with Crippen LogP contribution in [-0.2, 0) is 10.3 Å². The monoisotopic (exact) mass is 221 g/mol. The van der Waals surface area contributed by atoms with Crippen molar-refractivity contribution in [2.45, 2.75) is 25.3 Å². The Balaban J connectivity index is 2.22. The first kappa shape index (κ1) is 10.5. The van der Waals surface area contributed by atoms with E-state index in [2.05, 4.69) is 15.3 Å². The Morgan fingerprint density at radius 2 is 1.94 bits per heavy atom. The Morgan fingerprint density at radius 3 is 2.31 bits per heavy atom. The zero-order valence-electron chi connectivity index (χ0n) is 8.73. The Bertz CT molecular complexity index is 437. The molecule has 16 heavy (non-hydrogen) atoms. The van der Waals surface area contributed by atoms with Crippen molar-refractivity contribution in [1.82, 2.24) is 15.3 Å². The molecule has 0 bridgehead atoms. The molecule has 1 amide bonds. The lowest BCUT2D eigenvalue weighted by molar-refractivity contribution is -0.120. The molecule has 1 aliphatic rings. The van der Waals surface area contributed by atoms with Gasteiger partial charge < -0.3 is 10.4 Å². The summed E-state index contributed by atoms with van der Waals surface area (Å²) in [7, 11) is 0. The first-order valence-electron chi connectivity index (χ1n) is 4.88. The number of carboxylic acids is 1. The summed E-state index contributed by atoms with van der Waals surface area (Å²) in [5.74, 6) is -0.716. The van der Waals surface area contributed by atoms with E-state index in [4.69, 9.17) is 5.11 Å². The smallest absolute Gasteiger partial charge is 0.338 e. The van der Waals surface area contributed by atoms with Crippen LogP contribution in [0.4, 0.5) is 0 Å². The summed E-state index contributed by atoms with van der Waals surface area (Å²) < 4.78 is 0. The van der Waals surface area contributed by atoms with Crippen molar-refractivity contribution in [3.63, 3.8) is 0 Å². The van der Waals surface area contributed by atoms with Gasteiger partial charge in [-0.25, -0.2) is 14.8 Å². The Kier molecular flexibility index (Phi) is 2.34. The van der Waals surface area contributed by atoms with Crippen LogP contribution in [0.5, 0.6) is 0 Å². The second-order valence-electron chi connectivity index (χ2n) is 3.86. The summed E-state index contributed by atoms with van der Waals surface area (Å²) in [6, 6.07) is 0. The topological polar surface area (TPSA) is 92.2 Å². The maximum absolute atomic E-state index is 11.0. The van der Waals surface area contributed by atoms with Crippen LogP contribution < -0.4 is 5.32 Å². The van der Waals surface area contributed by atoms with Gasteiger partial charge in [0.2, 0.25) is 5.91 Å². The average molecular weight is 221 g/mol. The highest BCUT2D eigenvalue weighted by atomic mass is 16.4. The molecule has 0 spiro atoms. The van der Waals surface area contributed by atoms with Gasteiger partial charge in [-0.15, -0.1) is 0 Å². The van der Waals surface area contributed by atoms with Gasteiger partial charge in [-0.3, -0.25) is 4.79 Å². The number of hydrogen-bond acceptors (Lipinski definition) is 4. The molecule has 84 valence electrons. The fourth-order valence-corrected chi connectivity index (χ4v) is 1.55. The molecule has 6 nitrogen and oxygen atoms in total. The Labute approximate surface area is 91.7 Å². The van der Waals surface area contributed by atoms with Crippen molar-refractivity contribution in [2.75, 3.05) is 0 Å². The highest BCUT2D eigenvalue weighted by molar-refractivity contribution is 5.86. The predicted molar refractivity (Wildman–Crippen MR) is 53.7 cm³/mol. The molecule has 1 aromatic heterocycles. The molecule has 1 aliphatic carbocycles. The second-order valence-corrected chi connectivity index (χ2v) is 3.86. The van der Waals surface area contributed by atoms with Crippen LogP contribution in [0.25, 0.3) is 0 Å². The number of nitrogens with one attached hydrogen (secondary N) is 1. The standard InChI is InChI=1S/C10H11N3O3/c1-6(14)13-10(2-3-10)9-11-4-7(5-12-9)8(15)16/h4-5H,2-3H2,1H3,(H,13,14)(H,15,16). The van der Waals surface area contributed by atoms with Crippen molar-refractivity contribution < 1.29 is 14.7 Å². The third-order valence-corrected chi connectivity index (χ3v) is 2.49. The largest absolute Gasteiger partial charge is 0.478 e. The van der Waals surface area contributed by atoms with Gasteiger partial charge >= 0.3 is 5.97 Å². The minimum atomic E-state index is -1.06. The number of amides is 1. The zero-order valence-corrected chi connectivity index (χ0v) is 8.73. The maximum Gasteiger partial charge on any atom is 0.338 e. The van der Waals surface area contributed by atoms with E-state index in [0.717, 1.165) is 12.8 Å².